The van der Waals surface area contributed by atoms with E-state index in [4.69, 9.17) is 0 Å². The number of hydrogen-bond acceptors (Lipinski definition) is 3. The van der Waals surface area contributed by atoms with Crippen molar-refractivity contribution in [1.82, 2.24) is 15.1 Å². The van der Waals surface area contributed by atoms with Gasteiger partial charge in [0.15, 0.2) is 0 Å². The van der Waals surface area contributed by atoms with Crippen LogP contribution in [0.1, 0.15) is 31.4 Å². The summed E-state index contributed by atoms with van der Waals surface area (Å²) in [6.07, 6.45) is 2.37. The summed E-state index contributed by atoms with van der Waals surface area (Å²) in [6, 6.07) is 10.8. The Labute approximate surface area is 128 Å². The van der Waals surface area contributed by atoms with Crippen LogP contribution in [0.25, 0.3) is 0 Å². The molecule has 2 rings (SSSR count). The summed E-state index contributed by atoms with van der Waals surface area (Å²) in [5.41, 5.74) is 1.18. The van der Waals surface area contributed by atoms with Crippen LogP contribution in [-0.4, -0.2) is 55.5 Å². The van der Waals surface area contributed by atoms with Crippen LogP contribution >= 0.6 is 0 Å². The summed E-state index contributed by atoms with van der Waals surface area (Å²) in [5.74, 6) is 0.197. The number of nitrogens with zero attached hydrogens (tertiary/aromatic N) is 2. The summed E-state index contributed by atoms with van der Waals surface area (Å²) < 4.78 is 0. The van der Waals surface area contributed by atoms with Gasteiger partial charge < -0.3 is 10.2 Å². The topological polar surface area (TPSA) is 35.6 Å². The average molecular weight is 289 g/mol. The van der Waals surface area contributed by atoms with Gasteiger partial charge in [-0.05, 0) is 38.9 Å². The highest BCUT2D eigenvalue weighted by atomic mass is 16.2. The zero-order valence-electron chi connectivity index (χ0n) is 13.4. The van der Waals surface area contributed by atoms with Gasteiger partial charge >= 0.3 is 0 Å². The zero-order valence-corrected chi connectivity index (χ0v) is 13.4. The molecule has 4 heteroatoms. The fourth-order valence-corrected chi connectivity index (χ4v) is 2.91. The van der Waals surface area contributed by atoms with Gasteiger partial charge in [-0.2, -0.15) is 0 Å². The molecule has 0 aliphatic carbocycles. The van der Waals surface area contributed by atoms with E-state index in [-0.39, 0.29) is 11.9 Å². The van der Waals surface area contributed by atoms with Crippen molar-refractivity contribution >= 4 is 5.91 Å². The van der Waals surface area contributed by atoms with Crippen LogP contribution in [0.2, 0.25) is 0 Å². The molecule has 1 aliphatic heterocycles. The molecule has 1 fully saturated rings. The number of likely N-dealkylation sites (N-methyl/N-ethyl adjacent to an activating group) is 2. The molecule has 1 amide bonds. The van der Waals surface area contributed by atoms with Crippen molar-refractivity contribution < 1.29 is 4.79 Å². The van der Waals surface area contributed by atoms with Crippen LogP contribution in [0, 0.1) is 0 Å². The van der Waals surface area contributed by atoms with Crippen LogP contribution in [0.4, 0.5) is 0 Å². The van der Waals surface area contributed by atoms with Crippen molar-refractivity contribution in [3.8, 4) is 0 Å². The number of amides is 1. The van der Waals surface area contributed by atoms with E-state index in [1.807, 2.05) is 37.2 Å². The molecule has 1 aromatic rings. The molecule has 1 aromatic carbocycles. The molecule has 0 aromatic heterocycles. The van der Waals surface area contributed by atoms with E-state index in [9.17, 15) is 4.79 Å². The van der Waals surface area contributed by atoms with Crippen LogP contribution in [0.3, 0.4) is 0 Å². The van der Waals surface area contributed by atoms with Gasteiger partial charge in [0, 0.05) is 19.6 Å². The minimum Gasteiger partial charge on any atom is -0.338 e. The van der Waals surface area contributed by atoms with Crippen LogP contribution < -0.4 is 5.32 Å². The maximum atomic E-state index is 12.5. The number of rotatable bonds is 5. The SMILES string of the molecule is CNC1CCCN(CC(=O)N(C)C(C)c2ccccc2)C1. The lowest BCUT2D eigenvalue weighted by molar-refractivity contribution is -0.133. The second-order valence-corrected chi connectivity index (χ2v) is 5.95. The predicted molar refractivity (Wildman–Crippen MR) is 86.1 cm³/mol. The molecule has 1 aliphatic rings. The molecule has 116 valence electrons. The number of hydrogen-bond donors (Lipinski definition) is 1. The van der Waals surface area contributed by atoms with Crippen molar-refractivity contribution in [2.45, 2.75) is 31.8 Å². The third-order valence-corrected chi connectivity index (χ3v) is 4.53. The minimum absolute atomic E-state index is 0.114. The van der Waals surface area contributed by atoms with Crippen molar-refractivity contribution in [1.29, 1.82) is 0 Å². The van der Waals surface area contributed by atoms with E-state index >= 15 is 0 Å². The maximum absolute atomic E-state index is 12.5. The van der Waals surface area contributed by atoms with Gasteiger partial charge in [-0.25, -0.2) is 0 Å². The van der Waals surface area contributed by atoms with Crippen LogP contribution in [0.5, 0.6) is 0 Å². The largest absolute Gasteiger partial charge is 0.338 e. The van der Waals surface area contributed by atoms with Crippen LogP contribution in [-0.2, 0) is 4.79 Å². The van der Waals surface area contributed by atoms with E-state index in [0.29, 0.717) is 12.6 Å². The Hall–Kier alpha value is -1.39. The Morgan fingerprint density at radius 2 is 2.14 bits per heavy atom. The summed E-state index contributed by atoms with van der Waals surface area (Å²) >= 11 is 0. The Bertz CT molecular complexity index is 449. The lowest BCUT2D eigenvalue weighted by Gasteiger charge is -2.34. The molecule has 4 nitrogen and oxygen atoms in total. The third-order valence-electron chi connectivity index (χ3n) is 4.53. The summed E-state index contributed by atoms with van der Waals surface area (Å²) in [6.45, 7) is 4.60. The van der Waals surface area contributed by atoms with E-state index in [2.05, 4.69) is 29.3 Å². The molecule has 0 bridgehead atoms. The Morgan fingerprint density at radius 1 is 1.43 bits per heavy atom. The number of carbonyl (C=O) groups excluding carboxylic acids is 1. The molecule has 0 spiro atoms. The summed E-state index contributed by atoms with van der Waals surface area (Å²) in [4.78, 5) is 16.6. The molecular weight excluding hydrogens is 262 g/mol. The minimum atomic E-state index is 0.114. The number of carbonyl (C=O) groups is 1. The van der Waals surface area contributed by atoms with E-state index < -0.39 is 0 Å². The Balaban J connectivity index is 1.90. The highest BCUT2D eigenvalue weighted by Crippen LogP contribution is 2.19. The number of benzene rings is 1. The number of piperidine rings is 1. The van der Waals surface area contributed by atoms with Crippen molar-refractivity contribution in [2.24, 2.45) is 0 Å². The lowest BCUT2D eigenvalue weighted by atomic mass is 10.1. The first-order valence-electron chi connectivity index (χ1n) is 7.82. The number of nitrogens with one attached hydrogen (secondary N) is 1. The first kappa shape index (κ1) is 16.0. The average Bonchev–Trinajstić information content (AvgIpc) is 2.54. The molecule has 1 heterocycles. The van der Waals surface area contributed by atoms with Crippen LogP contribution in [0.15, 0.2) is 30.3 Å². The molecule has 21 heavy (non-hydrogen) atoms. The molecule has 0 radical (unpaired) electrons. The maximum Gasteiger partial charge on any atom is 0.236 e. The molecule has 2 atom stereocenters. The fourth-order valence-electron chi connectivity index (χ4n) is 2.91. The van der Waals surface area contributed by atoms with E-state index in [1.54, 1.807) is 0 Å². The van der Waals surface area contributed by atoms with E-state index in [1.165, 1.54) is 12.0 Å². The van der Waals surface area contributed by atoms with Gasteiger partial charge in [0.2, 0.25) is 5.91 Å². The van der Waals surface area contributed by atoms with Gasteiger partial charge in [0.25, 0.3) is 0 Å². The fraction of sp³-hybridized carbons (Fsp3) is 0.588. The highest BCUT2D eigenvalue weighted by molar-refractivity contribution is 5.78. The molecular formula is C17H27N3O. The number of likely N-dealkylation sites (tertiary alicyclic amines) is 1. The lowest BCUT2D eigenvalue weighted by Crippen LogP contribution is -2.48. The first-order chi connectivity index (χ1) is 10.1. The Kier molecular flexibility index (Phi) is 5.76. The van der Waals surface area contributed by atoms with Crippen molar-refractivity contribution in [2.75, 3.05) is 33.7 Å². The monoisotopic (exact) mass is 289 g/mol. The van der Waals surface area contributed by atoms with Gasteiger partial charge in [0.1, 0.15) is 0 Å². The Morgan fingerprint density at radius 3 is 2.81 bits per heavy atom. The van der Waals surface area contributed by atoms with Gasteiger partial charge in [-0.3, -0.25) is 9.69 Å². The molecule has 1 N–H and O–H groups in total. The predicted octanol–water partition coefficient (Wildman–Crippen LogP) is 1.89. The van der Waals surface area contributed by atoms with Crippen molar-refractivity contribution in [3.05, 3.63) is 35.9 Å². The normalized spacial score (nSPS) is 21.0. The standard InChI is InChI=1S/C17H27N3O/c1-14(15-8-5-4-6-9-15)19(3)17(21)13-20-11-7-10-16(12-20)18-2/h4-6,8-9,14,16,18H,7,10-13H2,1-3H3. The van der Waals surface area contributed by atoms with E-state index in [0.717, 1.165) is 19.5 Å². The van der Waals surface area contributed by atoms with Crippen molar-refractivity contribution in [3.63, 3.8) is 0 Å². The smallest absolute Gasteiger partial charge is 0.236 e. The highest BCUT2D eigenvalue weighted by Gasteiger charge is 2.23. The molecule has 0 saturated carbocycles. The zero-order chi connectivity index (χ0) is 15.2. The second kappa shape index (κ2) is 7.57. The third kappa shape index (κ3) is 4.29. The van der Waals surface area contributed by atoms with Gasteiger partial charge in [0.05, 0.1) is 12.6 Å². The second-order valence-electron chi connectivity index (χ2n) is 5.95. The van der Waals surface area contributed by atoms with Gasteiger partial charge in [-0.15, -0.1) is 0 Å². The molecule has 2 unspecified atom stereocenters. The summed E-state index contributed by atoms with van der Waals surface area (Å²) in [5, 5.41) is 3.32. The quantitative estimate of drug-likeness (QED) is 0.899. The van der Waals surface area contributed by atoms with Gasteiger partial charge in [-0.1, -0.05) is 30.3 Å². The summed E-state index contributed by atoms with van der Waals surface area (Å²) in [7, 11) is 3.90. The first-order valence-corrected chi connectivity index (χ1v) is 7.82. The molecule has 1 saturated heterocycles.